The molecule has 0 aromatic heterocycles. The molecule has 0 bridgehead atoms. The van der Waals surface area contributed by atoms with E-state index in [1.54, 1.807) is 7.11 Å². The lowest BCUT2D eigenvalue weighted by Gasteiger charge is -2.26. The summed E-state index contributed by atoms with van der Waals surface area (Å²) in [4.78, 5) is 4.62. The van der Waals surface area contributed by atoms with Crippen molar-refractivity contribution in [1.82, 2.24) is 4.90 Å². The minimum absolute atomic E-state index is 0.901. The van der Waals surface area contributed by atoms with Crippen LogP contribution in [0.3, 0.4) is 0 Å². The van der Waals surface area contributed by atoms with Crippen LogP contribution in [-0.2, 0) is 6.54 Å². The molecule has 0 fully saturated rings. The first kappa shape index (κ1) is 15.4. The number of para-hydroxylation sites is 1. The molecule has 0 saturated heterocycles. The largest absolute Gasteiger partial charge is 0.497 e. The topological polar surface area (TPSA) is 15.7 Å². The molecule has 0 aliphatic heterocycles. The molecule has 0 saturated carbocycles. The summed E-state index contributed by atoms with van der Waals surface area (Å²) in [6.07, 6.45) is 0. The molecule has 0 heterocycles. The number of methoxy groups -OCH3 is 1. The van der Waals surface area contributed by atoms with Crippen LogP contribution in [0.1, 0.15) is 5.56 Å². The zero-order valence-electron chi connectivity index (χ0n) is 13.1. The monoisotopic (exact) mass is 284 g/mol. The van der Waals surface area contributed by atoms with E-state index in [4.69, 9.17) is 4.74 Å². The van der Waals surface area contributed by atoms with Crippen LogP contribution in [0.5, 0.6) is 5.75 Å². The van der Waals surface area contributed by atoms with Gasteiger partial charge < -0.3 is 14.5 Å². The van der Waals surface area contributed by atoms with Crippen molar-refractivity contribution in [2.45, 2.75) is 6.54 Å². The maximum Gasteiger partial charge on any atom is 0.118 e. The van der Waals surface area contributed by atoms with Gasteiger partial charge in [0.05, 0.1) is 7.11 Å². The second kappa shape index (κ2) is 7.70. The third-order valence-corrected chi connectivity index (χ3v) is 3.47. The second-order valence-corrected chi connectivity index (χ2v) is 5.41. The van der Waals surface area contributed by atoms with Gasteiger partial charge in [-0.2, -0.15) is 0 Å². The molecule has 0 unspecified atom stereocenters. The maximum atomic E-state index is 5.22. The van der Waals surface area contributed by atoms with Gasteiger partial charge in [0.15, 0.2) is 0 Å². The molecular weight excluding hydrogens is 260 g/mol. The highest BCUT2D eigenvalue weighted by atomic mass is 16.5. The van der Waals surface area contributed by atoms with E-state index < -0.39 is 0 Å². The fraction of sp³-hybridized carbons (Fsp3) is 0.333. The third-order valence-electron chi connectivity index (χ3n) is 3.47. The number of nitrogens with zero attached hydrogens (tertiary/aromatic N) is 2. The molecule has 0 amide bonds. The third kappa shape index (κ3) is 4.80. The molecule has 2 aromatic rings. The van der Waals surface area contributed by atoms with Crippen LogP contribution in [-0.4, -0.2) is 39.2 Å². The summed E-state index contributed by atoms with van der Waals surface area (Å²) in [5.41, 5.74) is 2.55. The van der Waals surface area contributed by atoms with Crippen LogP contribution in [0, 0.1) is 0 Å². The van der Waals surface area contributed by atoms with E-state index in [0.717, 1.165) is 25.4 Å². The van der Waals surface area contributed by atoms with Gasteiger partial charge in [0.2, 0.25) is 0 Å². The quantitative estimate of drug-likeness (QED) is 0.776. The van der Waals surface area contributed by atoms with E-state index in [-0.39, 0.29) is 0 Å². The minimum atomic E-state index is 0.901. The Balaban J connectivity index is 2.10. The predicted octanol–water partition coefficient (Wildman–Crippen LogP) is 3.26. The van der Waals surface area contributed by atoms with Crippen LogP contribution in [0.4, 0.5) is 5.69 Å². The van der Waals surface area contributed by atoms with E-state index in [2.05, 4.69) is 66.4 Å². The van der Waals surface area contributed by atoms with Crippen molar-refractivity contribution in [2.24, 2.45) is 0 Å². The summed E-state index contributed by atoms with van der Waals surface area (Å²) in [6.45, 7) is 2.94. The van der Waals surface area contributed by atoms with E-state index in [0.29, 0.717) is 0 Å². The fourth-order valence-electron chi connectivity index (χ4n) is 2.21. The highest BCUT2D eigenvalue weighted by Gasteiger charge is 2.07. The van der Waals surface area contributed by atoms with E-state index in [9.17, 15) is 0 Å². The van der Waals surface area contributed by atoms with Gasteiger partial charge >= 0.3 is 0 Å². The summed E-state index contributed by atoms with van der Waals surface area (Å²) in [6, 6.07) is 18.9. The van der Waals surface area contributed by atoms with Crippen LogP contribution >= 0.6 is 0 Å². The van der Waals surface area contributed by atoms with Gasteiger partial charge in [-0.05, 0) is 43.9 Å². The predicted molar refractivity (Wildman–Crippen MR) is 89.0 cm³/mol. The van der Waals surface area contributed by atoms with Gasteiger partial charge in [-0.3, -0.25) is 0 Å². The van der Waals surface area contributed by atoms with Gasteiger partial charge in [-0.1, -0.05) is 30.3 Å². The average Bonchev–Trinajstić information content (AvgIpc) is 2.52. The first-order valence-electron chi connectivity index (χ1n) is 7.26. The standard InChI is InChI=1S/C18H24N2O/c1-19(2)13-14-20(17-7-5-4-6-8-17)15-16-9-11-18(21-3)12-10-16/h4-12H,13-15H2,1-3H3. The number of ether oxygens (including phenoxy) is 1. The molecule has 3 heteroatoms. The van der Waals surface area contributed by atoms with Crippen molar-refractivity contribution >= 4 is 5.69 Å². The van der Waals surface area contributed by atoms with Crippen molar-refractivity contribution in [1.29, 1.82) is 0 Å². The minimum Gasteiger partial charge on any atom is -0.497 e. The van der Waals surface area contributed by atoms with E-state index in [1.807, 2.05) is 12.1 Å². The Morgan fingerprint density at radius 2 is 1.52 bits per heavy atom. The van der Waals surface area contributed by atoms with E-state index >= 15 is 0 Å². The molecule has 0 aliphatic carbocycles. The summed E-state index contributed by atoms with van der Waals surface area (Å²) >= 11 is 0. The first-order valence-corrected chi connectivity index (χ1v) is 7.26. The first-order chi connectivity index (χ1) is 10.2. The Morgan fingerprint density at radius 1 is 0.857 bits per heavy atom. The van der Waals surface area contributed by atoms with Crippen molar-refractivity contribution < 1.29 is 4.74 Å². The Bertz CT molecular complexity index is 523. The van der Waals surface area contributed by atoms with Crippen molar-refractivity contribution in [2.75, 3.05) is 39.2 Å². The summed E-state index contributed by atoms with van der Waals surface area (Å²) in [5.74, 6) is 0.901. The second-order valence-electron chi connectivity index (χ2n) is 5.41. The Kier molecular flexibility index (Phi) is 5.64. The molecule has 0 atom stereocenters. The molecule has 21 heavy (non-hydrogen) atoms. The normalized spacial score (nSPS) is 10.7. The van der Waals surface area contributed by atoms with Crippen LogP contribution in [0.2, 0.25) is 0 Å². The molecule has 112 valence electrons. The average molecular weight is 284 g/mol. The Morgan fingerprint density at radius 3 is 2.10 bits per heavy atom. The highest BCUT2D eigenvalue weighted by Crippen LogP contribution is 2.18. The number of hydrogen-bond donors (Lipinski definition) is 0. The van der Waals surface area contributed by atoms with Gasteiger partial charge in [0.1, 0.15) is 5.75 Å². The zero-order valence-corrected chi connectivity index (χ0v) is 13.1. The molecule has 3 nitrogen and oxygen atoms in total. The van der Waals surface area contributed by atoms with Gasteiger partial charge in [0.25, 0.3) is 0 Å². The molecule has 0 aliphatic rings. The number of rotatable bonds is 7. The highest BCUT2D eigenvalue weighted by molar-refractivity contribution is 5.47. The Hall–Kier alpha value is -2.00. The lowest BCUT2D eigenvalue weighted by atomic mass is 10.2. The van der Waals surface area contributed by atoms with Gasteiger partial charge in [-0.25, -0.2) is 0 Å². The molecule has 0 spiro atoms. The lowest BCUT2D eigenvalue weighted by molar-refractivity contribution is 0.412. The van der Waals surface area contributed by atoms with Gasteiger partial charge in [0, 0.05) is 25.3 Å². The van der Waals surface area contributed by atoms with Crippen molar-refractivity contribution in [3.63, 3.8) is 0 Å². The maximum absolute atomic E-state index is 5.22. The van der Waals surface area contributed by atoms with Crippen molar-refractivity contribution in [3.05, 3.63) is 60.2 Å². The summed E-state index contributed by atoms with van der Waals surface area (Å²) < 4.78 is 5.22. The summed E-state index contributed by atoms with van der Waals surface area (Å²) in [7, 11) is 5.91. The molecule has 0 N–H and O–H groups in total. The van der Waals surface area contributed by atoms with Crippen molar-refractivity contribution in [3.8, 4) is 5.75 Å². The van der Waals surface area contributed by atoms with Crippen LogP contribution in [0.15, 0.2) is 54.6 Å². The number of anilines is 1. The number of likely N-dealkylation sites (N-methyl/N-ethyl adjacent to an activating group) is 1. The lowest BCUT2D eigenvalue weighted by Crippen LogP contribution is -2.31. The van der Waals surface area contributed by atoms with Crippen LogP contribution < -0.4 is 9.64 Å². The SMILES string of the molecule is COc1ccc(CN(CCN(C)C)c2ccccc2)cc1. The van der Waals surface area contributed by atoms with Gasteiger partial charge in [-0.15, -0.1) is 0 Å². The molecule has 2 aromatic carbocycles. The molecule has 2 rings (SSSR count). The Labute approximate surface area is 127 Å². The zero-order chi connectivity index (χ0) is 15.1. The number of benzene rings is 2. The van der Waals surface area contributed by atoms with E-state index in [1.165, 1.54) is 11.3 Å². The van der Waals surface area contributed by atoms with Crippen LogP contribution in [0.25, 0.3) is 0 Å². The fourth-order valence-corrected chi connectivity index (χ4v) is 2.21. The molecule has 0 radical (unpaired) electrons. The number of hydrogen-bond acceptors (Lipinski definition) is 3. The smallest absolute Gasteiger partial charge is 0.118 e. The molecular formula is C18H24N2O. The summed E-state index contributed by atoms with van der Waals surface area (Å²) in [5, 5.41) is 0.